The van der Waals surface area contributed by atoms with Gasteiger partial charge in [0.05, 0.1) is 25.1 Å². The molecule has 0 saturated carbocycles. The molecule has 0 spiro atoms. The Morgan fingerprint density at radius 2 is 1.97 bits per heavy atom. The zero-order chi connectivity index (χ0) is 20.6. The standard InChI is InChI=1S/C23H32N4O2/c1-18(2)15-27(23(28)20-8-11-24-25-14-20)16-19-9-12-26(13-10-19)17-21-6-4-5-7-22(21)29-3/h4-8,11,14,18-19H,9-10,12-13,15-17H2,1-3H3. The van der Waals surface area contributed by atoms with Gasteiger partial charge >= 0.3 is 0 Å². The summed E-state index contributed by atoms with van der Waals surface area (Å²) in [5.41, 5.74) is 1.85. The van der Waals surface area contributed by atoms with Gasteiger partial charge in [-0.2, -0.15) is 10.2 Å². The fraction of sp³-hybridized carbons (Fsp3) is 0.522. The van der Waals surface area contributed by atoms with Crippen molar-refractivity contribution in [1.29, 1.82) is 0 Å². The van der Waals surface area contributed by atoms with Crippen LogP contribution in [0.4, 0.5) is 0 Å². The highest BCUT2D eigenvalue weighted by Gasteiger charge is 2.25. The predicted octanol–water partition coefficient (Wildman–Crippen LogP) is 3.50. The van der Waals surface area contributed by atoms with Crippen LogP contribution in [0.3, 0.4) is 0 Å². The SMILES string of the molecule is COc1ccccc1CN1CCC(CN(CC(C)C)C(=O)c2ccnnc2)CC1. The summed E-state index contributed by atoms with van der Waals surface area (Å²) < 4.78 is 5.49. The minimum absolute atomic E-state index is 0.0602. The van der Waals surface area contributed by atoms with Gasteiger partial charge in [-0.1, -0.05) is 32.0 Å². The van der Waals surface area contributed by atoms with E-state index in [1.807, 2.05) is 17.0 Å². The quantitative estimate of drug-likeness (QED) is 0.684. The van der Waals surface area contributed by atoms with Crippen LogP contribution in [0.5, 0.6) is 5.75 Å². The van der Waals surface area contributed by atoms with Crippen LogP contribution in [-0.4, -0.2) is 59.2 Å². The smallest absolute Gasteiger partial charge is 0.255 e. The maximum absolute atomic E-state index is 13.0. The van der Waals surface area contributed by atoms with Crippen molar-refractivity contribution in [2.45, 2.75) is 33.2 Å². The van der Waals surface area contributed by atoms with Crippen LogP contribution >= 0.6 is 0 Å². The van der Waals surface area contributed by atoms with Crippen LogP contribution in [-0.2, 0) is 6.54 Å². The van der Waals surface area contributed by atoms with Crippen LogP contribution in [0, 0.1) is 11.8 Å². The maximum atomic E-state index is 13.0. The predicted molar refractivity (Wildman–Crippen MR) is 114 cm³/mol. The average molecular weight is 397 g/mol. The molecule has 0 N–H and O–H groups in total. The third-order valence-electron chi connectivity index (χ3n) is 5.48. The number of para-hydroxylation sites is 1. The Morgan fingerprint density at radius 3 is 2.62 bits per heavy atom. The molecule has 0 radical (unpaired) electrons. The molecule has 6 nitrogen and oxygen atoms in total. The molecule has 3 rings (SSSR count). The number of carbonyl (C=O) groups excluding carboxylic acids is 1. The lowest BCUT2D eigenvalue weighted by atomic mass is 9.95. The molecule has 2 aromatic rings. The lowest BCUT2D eigenvalue weighted by Crippen LogP contribution is -2.42. The van der Waals surface area contributed by atoms with E-state index < -0.39 is 0 Å². The molecule has 0 aliphatic carbocycles. The summed E-state index contributed by atoms with van der Waals surface area (Å²) >= 11 is 0. The first-order chi connectivity index (χ1) is 14.1. The molecule has 29 heavy (non-hydrogen) atoms. The van der Waals surface area contributed by atoms with Crippen molar-refractivity contribution in [3.8, 4) is 5.75 Å². The molecule has 1 fully saturated rings. The van der Waals surface area contributed by atoms with Crippen molar-refractivity contribution >= 4 is 5.91 Å². The maximum Gasteiger partial charge on any atom is 0.255 e. The first-order valence-electron chi connectivity index (χ1n) is 10.5. The van der Waals surface area contributed by atoms with Crippen LogP contribution < -0.4 is 4.74 Å². The Labute approximate surface area is 173 Å². The van der Waals surface area contributed by atoms with Crippen molar-refractivity contribution in [3.05, 3.63) is 53.9 Å². The molecule has 6 heteroatoms. The second kappa shape index (κ2) is 10.3. The Kier molecular flexibility index (Phi) is 7.58. The van der Waals surface area contributed by atoms with Gasteiger partial charge in [-0.3, -0.25) is 9.69 Å². The van der Waals surface area contributed by atoms with Crippen LogP contribution in [0.15, 0.2) is 42.7 Å². The van der Waals surface area contributed by atoms with Crippen molar-refractivity contribution in [2.75, 3.05) is 33.3 Å². The average Bonchev–Trinajstić information content (AvgIpc) is 2.75. The molecular formula is C23H32N4O2. The number of carbonyl (C=O) groups is 1. The Hall–Kier alpha value is -2.47. The first kappa shape index (κ1) is 21.2. The highest BCUT2D eigenvalue weighted by molar-refractivity contribution is 5.93. The summed E-state index contributed by atoms with van der Waals surface area (Å²) in [4.78, 5) is 17.4. The van der Waals surface area contributed by atoms with Crippen molar-refractivity contribution < 1.29 is 9.53 Å². The number of likely N-dealkylation sites (tertiary alicyclic amines) is 1. The van der Waals surface area contributed by atoms with E-state index in [9.17, 15) is 4.79 Å². The monoisotopic (exact) mass is 396 g/mol. The first-order valence-corrected chi connectivity index (χ1v) is 10.5. The molecule has 2 heterocycles. The topological polar surface area (TPSA) is 58.6 Å². The van der Waals surface area contributed by atoms with Gasteiger partial charge in [0.1, 0.15) is 5.75 Å². The second-order valence-electron chi connectivity index (χ2n) is 8.27. The van der Waals surface area contributed by atoms with Gasteiger partial charge in [0.15, 0.2) is 0 Å². The lowest BCUT2D eigenvalue weighted by molar-refractivity contribution is 0.0662. The molecule has 1 aliphatic rings. The van der Waals surface area contributed by atoms with Gasteiger partial charge in [0, 0.05) is 25.2 Å². The van der Waals surface area contributed by atoms with Crippen molar-refractivity contribution in [2.24, 2.45) is 11.8 Å². The van der Waals surface area contributed by atoms with E-state index in [4.69, 9.17) is 4.74 Å². The third kappa shape index (κ3) is 6.00. The van der Waals surface area contributed by atoms with E-state index >= 15 is 0 Å². The molecule has 0 unspecified atom stereocenters. The van der Waals surface area contributed by atoms with Crippen LogP contribution in [0.25, 0.3) is 0 Å². The van der Waals surface area contributed by atoms with Crippen molar-refractivity contribution in [3.63, 3.8) is 0 Å². The summed E-state index contributed by atoms with van der Waals surface area (Å²) in [6, 6.07) is 9.97. The number of rotatable bonds is 8. The van der Waals surface area contributed by atoms with Gasteiger partial charge < -0.3 is 9.64 Å². The molecule has 156 valence electrons. The number of piperidine rings is 1. The minimum Gasteiger partial charge on any atom is -0.496 e. The van der Waals surface area contributed by atoms with Gasteiger partial charge in [0.25, 0.3) is 5.91 Å². The minimum atomic E-state index is 0.0602. The van der Waals surface area contributed by atoms with E-state index in [0.717, 1.165) is 51.3 Å². The molecular weight excluding hydrogens is 364 g/mol. The zero-order valence-electron chi connectivity index (χ0n) is 17.8. The van der Waals surface area contributed by atoms with E-state index in [2.05, 4.69) is 41.1 Å². The van der Waals surface area contributed by atoms with Gasteiger partial charge in [-0.25, -0.2) is 0 Å². The Balaban J connectivity index is 1.56. The Morgan fingerprint density at radius 1 is 1.21 bits per heavy atom. The number of amides is 1. The zero-order valence-corrected chi connectivity index (χ0v) is 17.8. The molecule has 1 saturated heterocycles. The normalized spacial score (nSPS) is 15.4. The Bertz CT molecular complexity index is 773. The number of methoxy groups -OCH3 is 1. The molecule has 1 aliphatic heterocycles. The summed E-state index contributed by atoms with van der Waals surface area (Å²) in [7, 11) is 1.73. The fourth-order valence-electron chi connectivity index (χ4n) is 3.99. The molecule has 1 aromatic carbocycles. The van der Waals surface area contributed by atoms with E-state index in [0.29, 0.717) is 17.4 Å². The molecule has 0 atom stereocenters. The summed E-state index contributed by atoms with van der Waals surface area (Å²) in [6.45, 7) is 8.88. The highest BCUT2D eigenvalue weighted by atomic mass is 16.5. The summed E-state index contributed by atoms with van der Waals surface area (Å²) in [5.74, 6) is 1.97. The molecule has 1 aromatic heterocycles. The number of ether oxygens (including phenoxy) is 1. The summed E-state index contributed by atoms with van der Waals surface area (Å²) in [5, 5.41) is 7.65. The van der Waals surface area contributed by atoms with Gasteiger partial charge in [-0.15, -0.1) is 0 Å². The number of nitrogens with zero attached hydrogens (tertiary/aromatic N) is 4. The largest absolute Gasteiger partial charge is 0.496 e. The lowest BCUT2D eigenvalue weighted by Gasteiger charge is -2.35. The number of aromatic nitrogens is 2. The van der Waals surface area contributed by atoms with Gasteiger partial charge in [0.2, 0.25) is 0 Å². The van der Waals surface area contributed by atoms with Crippen LogP contribution in [0.2, 0.25) is 0 Å². The number of benzene rings is 1. The van der Waals surface area contributed by atoms with E-state index in [1.54, 1.807) is 25.6 Å². The molecule has 0 bridgehead atoms. The van der Waals surface area contributed by atoms with E-state index in [1.165, 1.54) is 5.56 Å². The number of hydrogen-bond donors (Lipinski definition) is 0. The second-order valence-corrected chi connectivity index (χ2v) is 8.27. The highest BCUT2D eigenvalue weighted by Crippen LogP contribution is 2.24. The van der Waals surface area contributed by atoms with Crippen LogP contribution in [0.1, 0.15) is 42.6 Å². The van der Waals surface area contributed by atoms with Crippen molar-refractivity contribution in [1.82, 2.24) is 20.0 Å². The van der Waals surface area contributed by atoms with Gasteiger partial charge in [-0.05, 0) is 49.9 Å². The number of hydrogen-bond acceptors (Lipinski definition) is 5. The third-order valence-corrected chi connectivity index (χ3v) is 5.48. The fourth-order valence-corrected chi connectivity index (χ4v) is 3.99. The molecule has 1 amide bonds. The summed E-state index contributed by atoms with van der Waals surface area (Å²) in [6.07, 6.45) is 5.35. The van der Waals surface area contributed by atoms with E-state index in [-0.39, 0.29) is 5.91 Å².